The Kier molecular flexibility index (Phi) is 3.65. The van der Waals surface area contributed by atoms with Crippen molar-refractivity contribution in [2.45, 2.75) is 5.03 Å². The minimum atomic E-state index is 0.532. The van der Waals surface area contributed by atoms with Crippen LogP contribution in [-0.2, 0) is 0 Å². The second kappa shape index (κ2) is 5.75. The fraction of sp³-hybridized carbons (Fsp3) is 0. The Bertz CT molecular complexity index is 621. The summed E-state index contributed by atoms with van der Waals surface area (Å²) in [4.78, 5) is 3.03. The van der Waals surface area contributed by atoms with E-state index >= 15 is 0 Å². The highest BCUT2D eigenvalue weighted by Crippen LogP contribution is 2.35. The molecular weight excluding hydrogens is 270 g/mol. The number of benzene rings is 2. The van der Waals surface area contributed by atoms with Crippen LogP contribution in [-0.4, -0.2) is 4.98 Å². The van der Waals surface area contributed by atoms with Gasteiger partial charge in [-0.05, 0) is 24.3 Å². The first kappa shape index (κ1) is 12.7. The van der Waals surface area contributed by atoms with Crippen molar-refractivity contribution in [1.29, 1.82) is 0 Å². The molecule has 0 unspecified atom stereocenters. The SMILES string of the molecule is Sc1cc(Oc2ccccc2)c(Oc2ccccc2)[nH]1. The van der Waals surface area contributed by atoms with Gasteiger partial charge in [0.05, 0.1) is 5.03 Å². The maximum atomic E-state index is 5.80. The van der Waals surface area contributed by atoms with Gasteiger partial charge >= 0.3 is 0 Å². The highest BCUT2D eigenvalue weighted by Gasteiger charge is 2.11. The standard InChI is InChI=1S/C16H13NO2S/c20-15-11-14(18-12-7-3-1-4-8-12)16(17-15)19-13-9-5-2-6-10-13/h1-11,17,20H. The van der Waals surface area contributed by atoms with Gasteiger partial charge in [-0.3, -0.25) is 0 Å². The second-order valence-corrected chi connectivity index (χ2v) is 4.66. The van der Waals surface area contributed by atoms with Gasteiger partial charge in [-0.25, -0.2) is 0 Å². The van der Waals surface area contributed by atoms with Crippen LogP contribution in [0.4, 0.5) is 0 Å². The van der Waals surface area contributed by atoms with Gasteiger partial charge in [-0.1, -0.05) is 36.4 Å². The molecular formula is C16H13NO2S. The van der Waals surface area contributed by atoms with Crippen LogP contribution in [0.15, 0.2) is 71.8 Å². The summed E-state index contributed by atoms with van der Waals surface area (Å²) in [6.07, 6.45) is 0. The third-order valence-electron chi connectivity index (χ3n) is 2.67. The first-order valence-corrected chi connectivity index (χ1v) is 6.64. The monoisotopic (exact) mass is 283 g/mol. The molecule has 0 saturated carbocycles. The molecule has 1 heterocycles. The predicted octanol–water partition coefficient (Wildman–Crippen LogP) is 4.89. The van der Waals surface area contributed by atoms with E-state index in [1.807, 2.05) is 60.7 Å². The lowest BCUT2D eigenvalue weighted by molar-refractivity contribution is 0.411. The normalized spacial score (nSPS) is 10.2. The number of para-hydroxylation sites is 2. The molecule has 0 amide bonds. The molecule has 3 aromatic rings. The van der Waals surface area contributed by atoms with Gasteiger partial charge in [0.1, 0.15) is 11.5 Å². The van der Waals surface area contributed by atoms with Crippen molar-refractivity contribution in [1.82, 2.24) is 4.98 Å². The van der Waals surface area contributed by atoms with Crippen LogP contribution in [0.5, 0.6) is 23.1 Å². The molecule has 0 aliphatic rings. The van der Waals surface area contributed by atoms with E-state index in [1.165, 1.54) is 0 Å². The molecule has 0 aliphatic heterocycles. The Labute approximate surface area is 122 Å². The van der Waals surface area contributed by atoms with E-state index in [2.05, 4.69) is 17.6 Å². The number of rotatable bonds is 4. The average molecular weight is 283 g/mol. The molecule has 0 radical (unpaired) electrons. The molecule has 0 atom stereocenters. The zero-order valence-corrected chi connectivity index (χ0v) is 11.5. The molecule has 100 valence electrons. The van der Waals surface area contributed by atoms with E-state index in [0.29, 0.717) is 16.7 Å². The number of thiol groups is 1. The molecule has 4 heteroatoms. The average Bonchev–Trinajstić information content (AvgIpc) is 2.81. The second-order valence-electron chi connectivity index (χ2n) is 4.18. The molecule has 20 heavy (non-hydrogen) atoms. The predicted molar refractivity (Wildman–Crippen MR) is 81.1 cm³/mol. The Hall–Kier alpha value is -2.33. The highest BCUT2D eigenvalue weighted by molar-refractivity contribution is 7.80. The topological polar surface area (TPSA) is 34.2 Å². The van der Waals surface area contributed by atoms with Crippen molar-refractivity contribution in [3.8, 4) is 23.1 Å². The van der Waals surface area contributed by atoms with Gasteiger partial charge < -0.3 is 14.5 Å². The summed E-state index contributed by atoms with van der Waals surface area (Å²) in [6, 6.07) is 20.9. The van der Waals surface area contributed by atoms with Crippen LogP contribution in [0.2, 0.25) is 0 Å². The van der Waals surface area contributed by atoms with Crippen LogP contribution in [0.25, 0.3) is 0 Å². The minimum Gasteiger partial charge on any atom is -0.452 e. The number of nitrogens with one attached hydrogen (secondary N) is 1. The van der Waals surface area contributed by atoms with Crippen molar-refractivity contribution < 1.29 is 9.47 Å². The van der Waals surface area contributed by atoms with Crippen molar-refractivity contribution in [3.63, 3.8) is 0 Å². The van der Waals surface area contributed by atoms with E-state index in [4.69, 9.17) is 9.47 Å². The van der Waals surface area contributed by atoms with Crippen LogP contribution in [0.3, 0.4) is 0 Å². The molecule has 0 saturated heterocycles. The van der Waals surface area contributed by atoms with Crippen LogP contribution in [0.1, 0.15) is 0 Å². The fourth-order valence-corrected chi connectivity index (χ4v) is 2.00. The van der Waals surface area contributed by atoms with Crippen molar-refractivity contribution in [3.05, 3.63) is 66.7 Å². The number of H-pyrrole nitrogens is 1. The summed E-state index contributed by atoms with van der Waals surface area (Å²) in [5.41, 5.74) is 0. The van der Waals surface area contributed by atoms with Crippen molar-refractivity contribution in [2.24, 2.45) is 0 Å². The molecule has 1 N–H and O–H groups in total. The maximum absolute atomic E-state index is 5.80. The fourth-order valence-electron chi connectivity index (χ4n) is 1.78. The van der Waals surface area contributed by atoms with Gasteiger partial charge in [-0.2, -0.15) is 0 Å². The van der Waals surface area contributed by atoms with E-state index in [1.54, 1.807) is 6.07 Å². The number of hydrogen-bond donors (Lipinski definition) is 2. The summed E-state index contributed by atoms with van der Waals surface area (Å²) in [5, 5.41) is 0.682. The summed E-state index contributed by atoms with van der Waals surface area (Å²) in [6.45, 7) is 0. The van der Waals surface area contributed by atoms with E-state index in [9.17, 15) is 0 Å². The lowest BCUT2D eigenvalue weighted by Crippen LogP contribution is -1.88. The summed E-state index contributed by atoms with van der Waals surface area (Å²) < 4.78 is 11.6. The van der Waals surface area contributed by atoms with Gasteiger partial charge in [0.2, 0.25) is 5.88 Å². The van der Waals surface area contributed by atoms with Gasteiger partial charge in [0, 0.05) is 6.07 Å². The van der Waals surface area contributed by atoms with Gasteiger partial charge in [-0.15, -0.1) is 12.6 Å². The maximum Gasteiger partial charge on any atom is 0.241 e. The molecule has 0 aliphatic carbocycles. The third-order valence-corrected chi connectivity index (χ3v) is 2.91. The van der Waals surface area contributed by atoms with Crippen LogP contribution in [0, 0.1) is 0 Å². The first-order valence-electron chi connectivity index (χ1n) is 6.19. The minimum absolute atomic E-state index is 0.532. The van der Waals surface area contributed by atoms with E-state index in [-0.39, 0.29) is 0 Å². The molecule has 0 bridgehead atoms. The Morgan fingerprint density at radius 2 is 1.30 bits per heavy atom. The van der Waals surface area contributed by atoms with Gasteiger partial charge in [0.15, 0.2) is 5.75 Å². The van der Waals surface area contributed by atoms with Crippen LogP contribution < -0.4 is 9.47 Å². The Morgan fingerprint density at radius 1 is 0.750 bits per heavy atom. The highest BCUT2D eigenvalue weighted by atomic mass is 32.1. The van der Waals surface area contributed by atoms with Gasteiger partial charge in [0.25, 0.3) is 0 Å². The number of aromatic amines is 1. The molecule has 3 nitrogen and oxygen atoms in total. The molecule has 2 aromatic carbocycles. The van der Waals surface area contributed by atoms with Crippen LogP contribution >= 0.6 is 12.6 Å². The van der Waals surface area contributed by atoms with E-state index in [0.717, 1.165) is 11.5 Å². The Morgan fingerprint density at radius 3 is 1.90 bits per heavy atom. The zero-order chi connectivity index (χ0) is 13.8. The first-order chi connectivity index (χ1) is 9.81. The smallest absolute Gasteiger partial charge is 0.241 e. The summed E-state index contributed by atoms with van der Waals surface area (Å²) in [5.74, 6) is 2.62. The van der Waals surface area contributed by atoms with E-state index < -0.39 is 0 Å². The molecule has 0 fully saturated rings. The number of hydrogen-bond acceptors (Lipinski definition) is 3. The van der Waals surface area contributed by atoms with Crippen molar-refractivity contribution >= 4 is 12.6 Å². The largest absolute Gasteiger partial charge is 0.452 e. The summed E-state index contributed by atoms with van der Waals surface area (Å²) >= 11 is 4.29. The third kappa shape index (κ3) is 2.97. The zero-order valence-electron chi connectivity index (χ0n) is 10.6. The lowest BCUT2D eigenvalue weighted by atomic mass is 10.3. The number of ether oxygens (including phenoxy) is 2. The lowest BCUT2D eigenvalue weighted by Gasteiger charge is -2.07. The molecule has 3 rings (SSSR count). The molecule has 1 aromatic heterocycles. The summed E-state index contributed by atoms with van der Waals surface area (Å²) in [7, 11) is 0. The Balaban J connectivity index is 1.85. The molecule has 0 spiro atoms. The quantitative estimate of drug-likeness (QED) is 0.669. The van der Waals surface area contributed by atoms with Crippen molar-refractivity contribution in [2.75, 3.05) is 0 Å². The number of aromatic nitrogens is 1.